The van der Waals surface area contributed by atoms with E-state index in [-0.39, 0.29) is 49.0 Å². The molecule has 244 valence electrons. The molecule has 2 atom stereocenters. The third-order valence-electron chi connectivity index (χ3n) is 8.88. The first-order valence-corrected chi connectivity index (χ1v) is 15.8. The molecular formula is C33H38F3N7O3. The summed E-state index contributed by atoms with van der Waals surface area (Å²) in [4.78, 5) is 41.7. The van der Waals surface area contributed by atoms with E-state index >= 15 is 0 Å². The van der Waals surface area contributed by atoms with Gasteiger partial charge in [0.25, 0.3) is 5.91 Å². The standard InChI is InChI=1S/C33H38F3N7O3/c1-3-24-20-41(32(45)43-14-11-21-7-5-9-25(30(21)43)33(34,35)36)15-16-42(24)26-17-27(46-4-2)28(22-8-6-12-37-18-22)40-29(26)31(44)39-23-10-13-38-19-23/h5-9,12,17-18,23-24,38H,3-4,10-11,13-16,19-20H2,1-2H3,(H,39,44)/t23-,24-/m1/s1. The SMILES string of the molecule is CCOc1cc(N2CCN(C(=O)N3CCc4cccc(C(F)(F)F)c43)C[C@H]2CC)c(C(=O)N[C@@H]2CCNC2)nc1-c1cccnc1. The molecule has 3 amide bonds. The number of hydrogen-bond acceptors (Lipinski definition) is 7. The number of ether oxygens (including phenoxy) is 1. The van der Waals surface area contributed by atoms with Crippen LogP contribution in [0.5, 0.6) is 5.75 Å². The summed E-state index contributed by atoms with van der Waals surface area (Å²) in [6.45, 7) is 6.81. The summed E-state index contributed by atoms with van der Waals surface area (Å²) < 4.78 is 47.8. The molecule has 1 aromatic carbocycles. The monoisotopic (exact) mass is 637 g/mol. The molecule has 0 bridgehead atoms. The van der Waals surface area contributed by atoms with Crippen LogP contribution in [0.2, 0.25) is 0 Å². The number of urea groups is 1. The first kappa shape index (κ1) is 31.6. The lowest BCUT2D eigenvalue weighted by Gasteiger charge is -2.44. The highest BCUT2D eigenvalue weighted by Gasteiger charge is 2.41. The number of fused-ring (bicyclic) bond motifs is 1. The molecule has 46 heavy (non-hydrogen) atoms. The summed E-state index contributed by atoms with van der Waals surface area (Å²) in [5.74, 6) is 0.199. The molecule has 3 aromatic rings. The molecular weight excluding hydrogens is 599 g/mol. The van der Waals surface area contributed by atoms with E-state index in [0.717, 1.165) is 19.0 Å². The van der Waals surface area contributed by atoms with Gasteiger partial charge in [-0.15, -0.1) is 0 Å². The van der Waals surface area contributed by atoms with Crippen LogP contribution in [-0.2, 0) is 12.6 Å². The third kappa shape index (κ3) is 6.20. The van der Waals surface area contributed by atoms with Gasteiger partial charge in [-0.05, 0) is 56.5 Å². The second-order valence-corrected chi connectivity index (χ2v) is 11.7. The Labute approximate surface area is 265 Å². The summed E-state index contributed by atoms with van der Waals surface area (Å²) in [6, 6.07) is 8.87. The van der Waals surface area contributed by atoms with Crippen molar-refractivity contribution in [3.63, 3.8) is 0 Å². The normalized spacial score (nSPS) is 19.7. The van der Waals surface area contributed by atoms with Crippen LogP contribution >= 0.6 is 0 Å². The molecule has 2 fully saturated rings. The van der Waals surface area contributed by atoms with Gasteiger partial charge in [0.15, 0.2) is 5.69 Å². The van der Waals surface area contributed by atoms with Crippen molar-refractivity contribution >= 4 is 23.3 Å². The van der Waals surface area contributed by atoms with E-state index in [2.05, 4.69) is 20.5 Å². The third-order valence-corrected chi connectivity index (χ3v) is 8.88. The molecule has 2 saturated heterocycles. The lowest BCUT2D eigenvalue weighted by atomic mass is 10.0. The molecule has 0 spiro atoms. The highest BCUT2D eigenvalue weighted by Crippen LogP contribution is 2.42. The summed E-state index contributed by atoms with van der Waals surface area (Å²) in [7, 11) is 0. The molecule has 3 aliphatic rings. The van der Waals surface area contributed by atoms with E-state index in [0.29, 0.717) is 60.8 Å². The number of benzene rings is 1. The molecule has 2 aromatic heterocycles. The summed E-state index contributed by atoms with van der Waals surface area (Å²) in [5, 5.41) is 6.38. The van der Waals surface area contributed by atoms with Crippen molar-refractivity contribution in [2.45, 2.75) is 51.4 Å². The van der Waals surface area contributed by atoms with E-state index in [1.54, 1.807) is 29.4 Å². The maximum atomic E-state index is 13.9. The largest absolute Gasteiger partial charge is 0.492 e. The van der Waals surface area contributed by atoms with Gasteiger partial charge in [0.1, 0.15) is 11.4 Å². The number of alkyl halides is 3. The molecule has 2 N–H and O–H groups in total. The van der Waals surface area contributed by atoms with Crippen LogP contribution in [0, 0.1) is 0 Å². The minimum Gasteiger partial charge on any atom is -0.492 e. The Hall–Kier alpha value is -4.39. The zero-order chi connectivity index (χ0) is 32.4. The van der Waals surface area contributed by atoms with Gasteiger partial charge in [0.05, 0.1) is 23.5 Å². The van der Waals surface area contributed by atoms with Gasteiger partial charge in [-0.3, -0.25) is 14.7 Å². The van der Waals surface area contributed by atoms with Crippen molar-refractivity contribution in [3.8, 4) is 17.0 Å². The number of hydrogen-bond donors (Lipinski definition) is 2. The Morgan fingerprint density at radius 1 is 1.13 bits per heavy atom. The average Bonchev–Trinajstić information content (AvgIpc) is 3.74. The fraction of sp³-hybridized carbons (Fsp3) is 0.455. The number of anilines is 2. The van der Waals surface area contributed by atoms with E-state index in [9.17, 15) is 22.8 Å². The van der Waals surface area contributed by atoms with E-state index in [1.165, 1.54) is 11.0 Å². The molecule has 0 saturated carbocycles. The minimum atomic E-state index is -4.57. The summed E-state index contributed by atoms with van der Waals surface area (Å²) in [6.07, 6.45) is 0.560. The number of pyridine rings is 2. The number of nitrogens with zero attached hydrogens (tertiary/aromatic N) is 5. The predicted molar refractivity (Wildman–Crippen MR) is 168 cm³/mol. The van der Waals surface area contributed by atoms with Crippen LogP contribution in [0.4, 0.5) is 29.3 Å². The van der Waals surface area contributed by atoms with Crippen LogP contribution in [0.3, 0.4) is 0 Å². The zero-order valence-electron chi connectivity index (χ0n) is 25.9. The fourth-order valence-corrected chi connectivity index (χ4v) is 6.62. The summed E-state index contributed by atoms with van der Waals surface area (Å²) in [5.41, 5.74) is 1.72. The number of amides is 3. The van der Waals surface area contributed by atoms with Gasteiger partial charge in [-0.2, -0.15) is 13.2 Å². The van der Waals surface area contributed by atoms with Gasteiger partial charge in [0.2, 0.25) is 0 Å². The van der Waals surface area contributed by atoms with Crippen molar-refractivity contribution in [1.29, 1.82) is 0 Å². The predicted octanol–water partition coefficient (Wildman–Crippen LogP) is 4.74. The van der Waals surface area contributed by atoms with Gasteiger partial charge in [-0.25, -0.2) is 9.78 Å². The Bertz CT molecular complexity index is 1580. The van der Waals surface area contributed by atoms with Crippen LogP contribution in [0.25, 0.3) is 11.3 Å². The zero-order valence-corrected chi connectivity index (χ0v) is 25.9. The molecule has 10 nitrogen and oxygen atoms in total. The number of piperazine rings is 1. The topological polar surface area (TPSA) is 103 Å². The number of halogens is 3. The van der Waals surface area contributed by atoms with Crippen molar-refractivity contribution < 1.29 is 27.5 Å². The lowest BCUT2D eigenvalue weighted by Crippen LogP contribution is -2.58. The van der Waals surface area contributed by atoms with Crippen LogP contribution in [-0.4, -0.2) is 84.8 Å². The molecule has 5 heterocycles. The van der Waals surface area contributed by atoms with Gasteiger partial charge in [0, 0.05) is 68.8 Å². The van der Waals surface area contributed by atoms with Crippen LogP contribution < -0.4 is 25.2 Å². The van der Waals surface area contributed by atoms with Crippen molar-refractivity contribution in [2.75, 3.05) is 55.7 Å². The molecule has 0 radical (unpaired) electrons. The fourth-order valence-electron chi connectivity index (χ4n) is 6.62. The quantitative estimate of drug-likeness (QED) is 0.386. The minimum absolute atomic E-state index is 0.0306. The molecule has 0 aliphatic carbocycles. The van der Waals surface area contributed by atoms with Crippen molar-refractivity contribution in [2.24, 2.45) is 0 Å². The summed E-state index contributed by atoms with van der Waals surface area (Å²) >= 11 is 0. The Kier molecular flexibility index (Phi) is 9.03. The Balaban J connectivity index is 1.32. The van der Waals surface area contributed by atoms with Crippen molar-refractivity contribution in [1.82, 2.24) is 25.5 Å². The first-order valence-electron chi connectivity index (χ1n) is 15.8. The molecule has 0 unspecified atom stereocenters. The van der Waals surface area contributed by atoms with Gasteiger partial charge < -0.3 is 25.2 Å². The average molecular weight is 638 g/mol. The highest BCUT2D eigenvalue weighted by molar-refractivity contribution is 6.00. The highest BCUT2D eigenvalue weighted by atomic mass is 19.4. The van der Waals surface area contributed by atoms with Gasteiger partial charge in [-0.1, -0.05) is 19.1 Å². The van der Waals surface area contributed by atoms with E-state index < -0.39 is 17.8 Å². The molecule has 3 aliphatic heterocycles. The second-order valence-electron chi connectivity index (χ2n) is 11.7. The maximum Gasteiger partial charge on any atom is 0.418 e. The Morgan fingerprint density at radius 2 is 1.98 bits per heavy atom. The van der Waals surface area contributed by atoms with Crippen LogP contribution in [0.15, 0.2) is 48.8 Å². The number of para-hydroxylation sites is 1. The number of carbonyl (C=O) groups excluding carboxylic acids is 2. The van der Waals surface area contributed by atoms with Crippen LogP contribution in [0.1, 0.15) is 48.3 Å². The maximum absolute atomic E-state index is 13.9. The number of aromatic nitrogens is 2. The smallest absolute Gasteiger partial charge is 0.418 e. The Morgan fingerprint density at radius 3 is 2.67 bits per heavy atom. The first-order chi connectivity index (χ1) is 22.2. The second kappa shape index (κ2) is 13.1. The van der Waals surface area contributed by atoms with E-state index in [4.69, 9.17) is 9.72 Å². The lowest BCUT2D eigenvalue weighted by molar-refractivity contribution is -0.137. The van der Waals surface area contributed by atoms with Crippen molar-refractivity contribution in [3.05, 3.63) is 65.6 Å². The molecule has 6 rings (SSSR count). The number of rotatable bonds is 7. The number of nitrogens with one attached hydrogen (secondary N) is 2. The number of carbonyl (C=O) groups is 2. The molecule has 13 heteroatoms. The van der Waals surface area contributed by atoms with E-state index in [1.807, 2.05) is 26.0 Å². The van der Waals surface area contributed by atoms with Gasteiger partial charge >= 0.3 is 12.2 Å².